The van der Waals surface area contributed by atoms with E-state index in [0.29, 0.717) is 30.1 Å². The Balaban J connectivity index is 1.34. The summed E-state index contributed by atoms with van der Waals surface area (Å²) in [6.07, 6.45) is 1.63. The second-order valence-corrected chi connectivity index (χ2v) is 9.56. The Hall–Kier alpha value is -4.06. The normalized spacial score (nSPS) is 13.7. The number of aromatic nitrogens is 2. The SMILES string of the molecule is CCOC(=O)c1cc(-c2csc(C3CCN(C(=O)Cc4ccc(OC(C)=O)c(OC(C)=O)c4)CC3)n2)on1. The third-order valence-corrected chi connectivity index (χ3v) is 6.84. The molecule has 0 spiro atoms. The summed E-state index contributed by atoms with van der Waals surface area (Å²) >= 11 is 1.51. The molecule has 4 rings (SSSR count). The third-order valence-electron chi connectivity index (χ3n) is 5.84. The van der Waals surface area contributed by atoms with Gasteiger partial charge in [0.1, 0.15) is 5.69 Å². The van der Waals surface area contributed by atoms with Crippen LogP contribution in [0.3, 0.4) is 0 Å². The topological polar surface area (TPSA) is 138 Å². The van der Waals surface area contributed by atoms with Gasteiger partial charge in [0, 0.05) is 44.3 Å². The van der Waals surface area contributed by atoms with Gasteiger partial charge in [-0.3, -0.25) is 14.4 Å². The van der Waals surface area contributed by atoms with E-state index in [1.54, 1.807) is 17.9 Å². The third kappa shape index (κ3) is 6.62. The molecule has 0 unspecified atom stereocenters. The van der Waals surface area contributed by atoms with E-state index in [0.717, 1.165) is 17.8 Å². The molecule has 200 valence electrons. The van der Waals surface area contributed by atoms with Crippen LogP contribution in [0, 0.1) is 0 Å². The van der Waals surface area contributed by atoms with Crippen molar-refractivity contribution in [3.05, 3.63) is 45.9 Å². The van der Waals surface area contributed by atoms with Gasteiger partial charge in [0.25, 0.3) is 0 Å². The number of nitrogens with zero attached hydrogens (tertiary/aromatic N) is 3. The van der Waals surface area contributed by atoms with Crippen LogP contribution in [0.2, 0.25) is 0 Å². The number of ether oxygens (including phenoxy) is 3. The molecule has 0 radical (unpaired) electrons. The number of rotatable bonds is 8. The number of thiazole rings is 1. The van der Waals surface area contributed by atoms with Crippen LogP contribution in [0.5, 0.6) is 11.5 Å². The fourth-order valence-electron chi connectivity index (χ4n) is 4.08. The molecule has 1 amide bonds. The van der Waals surface area contributed by atoms with Gasteiger partial charge in [-0.25, -0.2) is 9.78 Å². The van der Waals surface area contributed by atoms with E-state index in [4.69, 9.17) is 18.7 Å². The fourth-order valence-corrected chi connectivity index (χ4v) is 5.06. The number of benzene rings is 1. The van der Waals surface area contributed by atoms with Crippen LogP contribution in [0.25, 0.3) is 11.5 Å². The van der Waals surface area contributed by atoms with Gasteiger partial charge in [0.2, 0.25) is 5.91 Å². The number of carbonyl (C=O) groups is 4. The van der Waals surface area contributed by atoms with Crippen LogP contribution in [-0.2, 0) is 25.5 Å². The first-order chi connectivity index (χ1) is 18.2. The molecule has 38 heavy (non-hydrogen) atoms. The maximum atomic E-state index is 13.0. The second-order valence-electron chi connectivity index (χ2n) is 8.67. The molecule has 0 bridgehead atoms. The standard InChI is InChI=1S/C26H27N3O8S/c1-4-34-26(33)19-13-22(37-28-19)20-14-38-25(27-20)18-7-9-29(10-8-18)24(32)12-17-5-6-21(35-15(2)30)23(11-17)36-16(3)31/h5-6,11,13-14,18H,4,7-10,12H2,1-3H3. The van der Waals surface area contributed by atoms with E-state index >= 15 is 0 Å². The van der Waals surface area contributed by atoms with Crippen molar-refractivity contribution in [2.24, 2.45) is 0 Å². The molecule has 3 heterocycles. The number of carbonyl (C=O) groups excluding carboxylic acids is 4. The van der Waals surface area contributed by atoms with Crippen LogP contribution in [0.1, 0.15) is 60.6 Å². The maximum Gasteiger partial charge on any atom is 0.360 e. The molecule has 1 aromatic carbocycles. The van der Waals surface area contributed by atoms with E-state index in [2.05, 4.69) is 10.1 Å². The van der Waals surface area contributed by atoms with Gasteiger partial charge in [0.05, 0.1) is 18.0 Å². The Bertz CT molecular complexity index is 1340. The van der Waals surface area contributed by atoms with Gasteiger partial charge in [-0.05, 0) is 37.5 Å². The average Bonchev–Trinajstić information content (AvgIpc) is 3.56. The van der Waals surface area contributed by atoms with E-state index in [1.807, 2.05) is 5.38 Å². The molecule has 0 saturated carbocycles. The highest BCUT2D eigenvalue weighted by atomic mass is 32.1. The van der Waals surface area contributed by atoms with Crippen molar-refractivity contribution in [3.8, 4) is 23.0 Å². The van der Waals surface area contributed by atoms with Gasteiger partial charge in [-0.2, -0.15) is 0 Å². The zero-order chi connectivity index (χ0) is 27.2. The molecule has 1 aliphatic heterocycles. The van der Waals surface area contributed by atoms with Crippen LogP contribution in [0.4, 0.5) is 0 Å². The minimum atomic E-state index is -0.558. The molecule has 0 atom stereocenters. The van der Waals surface area contributed by atoms with Crippen molar-refractivity contribution < 1.29 is 37.9 Å². The van der Waals surface area contributed by atoms with Crippen molar-refractivity contribution in [2.45, 2.75) is 46.0 Å². The summed E-state index contributed by atoms with van der Waals surface area (Å²) in [4.78, 5) is 54.0. The number of esters is 3. The average molecular weight is 542 g/mol. The van der Waals surface area contributed by atoms with Crippen LogP contribution in [-0.4, -0.2) is 58.6 Å². The first-order valence-corrected chi connectivity index (χ1v) is 13.0. The first kappa shape index (κ1) is 27.0. The lowest BCUT2D eigenvalue weighted by molar-refractivity contribution is -0.134. The number of hydrogen-bond donors (Lipinski definition) is 0. The largest absolute Gasteiger partial charge is 0.461 e. The monoisotopic (exact) mass is 541 g/mol. The molecule has 1 saturated heterocycles. The van der Waals surface area contributed by atoms with Gasteiger partial charge >= 0.3 is 17.9 Å². The van der Waals surface area contributed by atoms with Gasteiger partial charge in [-0.1, -0.05) is 11.2 Å². The van der Waals surface area contributed by atoms with Crippen LogP contribution >= 0.6 is 11.3 Å². The van der Waals surface area contributed by atoms with Crippen molar-refractivity contribution in [1.82, 2.24) is 15.0 Å². The Kier molecular flexibility index (Phi) is 8.52. The van der Waals surface area contributed by atoms with Crippen LogP contribution < -0.4 is 9.47 Å². The molecule has 11 nitrogen and oxygen atoms in total. The quantitative estimate of drug-likeness (QED) is 0.306. The molecule has 1 aliphatic rings. The van der Waals surface area contributed by atoms with Crippen molar-refractivity contribution in [3.63, 3.8) is 0 Å². The summed E-state index contributed by atoms with van der Waals surface area (Å²) in [6, 6.07) is 6.24. The van der Waals surface area contributed by atoms with E-state index < -0.39 is 17.9 Å². The number of piperidine rings is 1. The summed E-state index contributed by atoms with van der Waals surface area (Å²) < 4.78 is 20.4. The van der Waals surface area contributed by atoms with Gasteiger partial charge < -0.3 is 23.6 Å². The Labute approximate surface area is 222 Å². The maximum absolute atomic E-state index is 13.0. The molecule has 12 heteroatoms. The summed E-state index contributed by atoms with van der Waals surface area (Å²) in [6.45, 7) is 5.63. The highest BCUT2D eigenvalue weighted by Crippen LogP contribution is 2.34. The highest BCUT2D eigenvalue weighted by Gasteiger charge is 2.27. The number of amides is 1. The molecule has 1 fully saturated rings. The molecule has 3 aromatic rings. The molecule has 0 N–H and O–H groups in total. The predicted molar refractivity (Wildman–Crippen MR) is 135 cm³/mol. The minimum Gasteiger partial charge on any atom is -0.461 e. The lowest BCUT2D eigenvalue weighted by atomic mass is 9.97. The molecule has 2 aromatic heterocycles. The lowest BCUT2D eigenvalue weighted by Gasteiger charge is -2.31. The van der Waals surface area contributed by atoms with E-state index in [1.165, 1.54) is 43.4 Å². The molecule has 0 aliphatic carbocycles. The predicted octanol–water partition coefficient (Wildman–Crippen LogP) is 3.77. The Morgan fingerprint density at radius 1 is 1.05 bits per heavy atom. The minimum absolute atomic E-state index is 0.0505. The van der Waals surface area contributed by atoms with E-state index in [9.17, 15) is 19.2 Å². The van der Waals surface area contributed by atoms with E-state index in [-0.39, 0.29) is 42.0 Å². The second kappa shape index (κ2) is 12.0. The molecular weight excluding hydrogens is 514 g/mol. The lowest BCUT2D eigenvalue weighted by Crippen LogP contribution is -2.38. The first-order valence-electron chi connectivity index (χ1n) is 12.1. The summed E-state index contributed by atoms with van der Waals surface area (Å²) in [7, 11) is 0. The van der Waals surface area contributed by atoms with Gasteiger partial charge in [0.15, 0.2) is 23.0 Å². The summed E-state index contributed by atoms with van der Waals surface area (Å²) in [5.74, 6) is -0.882. The van der Waals surface area contributed by atoms with Gasteiger partial charge in [-0.15, -0.1) is 11.3 Å². The van der Waals surface area contributed by atoms with Crippen LogP contribution in [0.15, 0.2) is 34.2 Å². The zero-order valence-corrected chi connectivity index (χ0v) is 22.0. The Morgan fingerprint density at radius 3 is 2.45 bits per heavy atom. The highest BCUT2D eigenvalue weighted by molar-refractivity contribution is 7.10. The molecular formula is C26H27N3O8S. The van der Waals surface area contributed by atoms with Crippen molar-refractivity contribution in [2.75, 3.05) is 19.7 Å². The summed E-state index contributed by atoms with van der Waals surface area (Å²) in [5, 5.41) is 6.56. The Morgan fingerprint density at radius 2 is 1.76 bits per heavy atom. The zero-order valence-electron chi connectivity index (χ0n) is 21.2. The number of likely N-dealkylation sites (tertiary alicyclic amines) is 1. The van der Waals surface area contributed by atoms with Crippen molar-refractivity contribution in [1.29, 1.82) is 0 Å². The van der Waals surface area contributed by atoms with Crippen molar-refractivity contribution >= 4 is 35.2 Å². The summed E-state index contributed by atoms with van der Waals surface area (Å²) in [5.41, 5.74) is 1.35. The fraction of sp³-hybridized carbons (Fsp3) is 0.385. The smallest absolute Gasteiger partial charge is 0.360 e. The number of hydrogen-bond acceptors (Lipinski definition) is 11.